The molecule has 20 heavy (non-hydrogen) atoms. The van der Waals surface area contributed by atoms with E-state index in [1.165, 1.54) is 0 Å². The van der Waals surface area contributed by atoms with Crippen LogP contribution >= 0.6 is 0 Å². The third-order valence-corrected chi connectivity index (χ3v) is 5.39. The van der Waals surface area contributed by atoms with Gasteiger partial charge in [0, 0.05) is 12.6 Å². The first-order valence-corrected chi connectivity index (χ1v) is 8.84. The first-order chi connectivity index (χ1) is 9.53. The summed E-state index contributed by atoms with van der Waals surface area (Å²) in [6, 6.07) is 5.48. The summed E-state index contributed by atoms with van der Waals surface area (Å²) in [4.78, 5) is 0.378. The first kappa shape index (κ1) is 15.5. The molecular weight excluding hydrogens is 272 g/mol. The fraction of sp³-hybridized carbons (Fsp3) is 0.600. The number of sulfonamides is 1. The van der Waals surface area contributed by atoms with Crippen LogP contribution < -0.4 is 10.0 Å². The van der Waals surface area contributed by atoms with Gasteiger partial charge >= 0.3 is 0 Å². The van der Waals surface area contributed by atoms with Gasteiger partial charge in [0.05, 0.1) is 4.90 Å². The second-order valence-corrected chi connectivity index (χ2v) is 7.19. The Labute approximate surface area is 122 Å². The molecule has 0 saturated heterocycles. The van der Waals surface area contributed by atoms with Gasteiger partial charge in [0.15, 0.2) is 0 Å². The van der Waals surface area contributed by atoms with Crippen molar-refractivity contribution >= 4 is 10.0 Å². The maximum absolute atomic E-state index is 12.4. The molecule has 4 nitrogen and oxygen atoms in total. The van der Waals surface area contributed by atoms with Gasteiger partial charge in [-0.05, 0) is 49.6 Å². The smallest absolute Gasteiger partial charge is 0.240 e. The van der Waals surface area contributed by atoms with Crippen LogP contribution in [0, 0.1) is 6.92 Å². The highest BCUT2D eigenvalue weighted by Crippen LogP contribution is 2.21. The molecule has 0 spiro atoms. The number of nitrogens with one attached hydrogen (secondary N) is 2. The lowest BCUT2D eigenvalue weighted by Crippen LogP contribution is -2.32. The summed E-state index contributed by atoms with van der Waals surface area (Å²) in [5.74, 6) is 0. The van der Waals surface area contributed by atoms with Crippen LogP contribution in [0.15, 0.2) is 23.1 Å². The Morgan fingerprint density at radius 2 is 1.95 bits per heavy atom. The summed E-state index contributed by atoms with van der Waals surface area (Å²) in [6.07, 6.45) is 4.14. The summed E-state index contributed by atoms with van der Waals surface area (Å²) < 4.78 is 27.6. The van der Waals surface area contributed by atoms with Gasteiger partial charge in [-0.2, -0.15) is 0 Å². The molecule has 5 heteroatoms. The number of aryl methyl sites for hydroxylation is 1. The van der Waals surface area contributed by atoms with Gasteiger partial charge in [-0.3, -0.25) is 0 Å². The van der Waals surface area contributed by atoms with Crippen molar-refractivity contribution in [1.29, 1.82) is 0 Å². The molecule has 0 atom stereocenters. The van der Waals surface area contributed by atoms with Crippen LogP contribution in [0.25, 0.3) is 0 Å². The van der Waals surface area contributed by atoms with Crippen LogP contribution in [0.2, 0.25) is 0 Å². The molecule has 0 bridgehead atoms. The molecule has 0 heterocycles. The van der Waals surface area contributed by atoms with E-state index in [2.05, 4.69) is 10.0 Å². The highest BCUT2D eigenvalue weighted by atomic mass is 32.2. The van der Waals surface area contributed by atoms with Gasteiger partial charge in [0.25, 0.3) is 0 Å². The third kappa shape index (κ3) is 3.81. The summed E-state index contributed by atoms with van der Waals surface area (Å²) in [6.45, 7) is 5.62. The maximum atomic E-state index is 12.4. The number of hydrogen-bond acceptors (Lipinski definition) is 3. The Balaban J connectivity index is 2.17. The molecular formula is C15H24N2O2S. The summed E-state index contributed by atoms with van der Waals surface area (Å²) >= 11 is 0. The van der Waals surface area contributed by atoms with E-state index in [1.807, 2.05) is 19.9 Å². The lowest BCUT2D eigenvalue weighted by atomic mass is 10.1. The van der Waals surface area contributed by atoms with Crippen LogP contribution in [-0.4, -0.2) is 21.0 Å². The van der Waals surface area contributed by atoms with E-state index in [0.29, 0.717) is 11.4 Å². The number of rotatable bonds is 6. The molecule has 0 unspecified atom stereocenters. The topological polar surface area (TPSA) is 58.2 Å². The molecule has 0 aliphatic heterocycles. The average molecular weight is 296 g/mol. The van der Waals surface area contributed by atoms with Gasteiger partial charge in [-0.1, -0.05) is 25.8 Å². The zero-order valence-corrected chi connectivity index (χ0v) is 13.1. The molecule has 1 aromatic rings. The lowest BCUT2D eigenvalue weighted by molar-refractivity contribution is 0.552. The molecule has 1 aromatic carbocycles. The van der Waals surface area contributed by atoms with E-state index in [4.69, 9.17) is 0 Å². The normalized spacial score (nSPS) is 16.7. The largest absolute Gasteiger partial charge is 0.313 e. The van der Waals surface area contributed by atoms with Crippen LogP contribution in [0.5, 0.6) is 0 Å². The Hall–Kier alpha value is -0.910. The van der Waals surface area contributed by atoms with E-state index < -0.39 is 10.0 Å². The summed E-state index contributed by atoms with van der Waals surface area (Å²) in [7, 11) is -3.39. The lowest BCUT2D eigenvalue weighted by Gasteiger charge is -2.14. The quantitative estimate of drug-likeness (QED) is 0.847. The Morgan fingerprint density at radius 1 is 1.25 bits per heavy atom. The highest BCUT2D eigenvalue weighted by molar-refractivity contribution is 7.89. The molecule has 1 aliphatic rings. The molecule has 2 N–H and O–H groups in total. The minimum atomic E-state index is -3.39. The molecule has 112 valence electrons. The molecule has 0 aromatic heterocycles. The molecule has 0 amide bonds. The third-order valence-electron chi connectivity index (χ3n) is 3.87. The van der Waals surface area contributed by atoms with Gasteiger partial charge in [0.1, 0.15) is 0 Å². The van der Waals surface area contributed by atoms with E-state index >= 15 is 0 Å². The van der Waals surface area contributed by atoms with Gasteiger partial charge < -0.3 is 5.32 Å². The molecule has 2 rings (SSSR count). The second kappa shape index (κ2) is 6.70. The Bertz CT molecular complexity index is 549. The summed E-state index contributed by atoms with van der Waals surface area (Å²) in [5.41, 5.74) is 2.16. The van der Waals surface area contributed by atoms with Gasteiger partial charge in [0.2, 0.25) is 10.0 Å². The highest BCUT2D eigenvalue weighted by Gasteiger charge is 2.23. The van der Waals surface area contributed by atoms with Crippen molar-refractivity contribution in [3.05, 3.63) is 29.3 Å². The predicted octanol–water partition coefficient (Wildman–Crippen LogP) is 2.33. The van der Waals surface area contributed by atoms with Crippen LogP contribution in [0.4, 0.5) is 0 Å². The maximum Gasteiger partial charge on any atom is 0.240 e. The Morgan fingerprint density at radius 3 is 2.60 bits per heavy atom. The van der Waals surface area contributed by atoms with Crippen molar-refractivity contribution in [2.45, 2.75) is 57.0 Å². The van der Waals surface area contributed by atoms with Crippen molar-refractivity contribution in [2.75, 3.05) is 6.54 Å². The van der Waals surface area contributed by atoms with Crippen LogP contribution in [-0.2, 0) is 16.6 Å². The number of benzene rings is 1. The van der Waals surface area contributed by atoms with E-state index in [9.17, 15) is 8.42 Å². The number of hydrogen-bond donors (Lipinski definition) is 2. The molecule has 1 saturated carbocycles. The monoisotopic (exact) mass is 296 g/mol. The van der Waals surface area contributed by atoms with Crippen molar-refractivity contribution in [1.82, 2.24) is 10.0 Å². The van der Waals surface area contributed by atoms with E-state index in [0.717, 1.165) is 43.4 Å². The van der Waals surface area contributed by atoms with Gasteiger partial charge in [-0.15, -0.1) is 0 Å². The van der Waals surface area contributed by atoms with Gasteiger partial charge in [-0.25, -0.2) is 13.1 Å². The minimum absolute atomic E-state index is 0.110. The second-order valence-electron chi connectivity index (χ2n) is 5.47. The standard InChI is InChI=1S/C15H24N2O2S/c1-3-16-11-13-10-15(9-8-12(13)2)20(18,19)17-14-6-4-5-7-14/h8-10,14,16-17H,3-7,11H2,1-2H3. The van der Waals surface area contributed by atoms with E-state index in [1.54, 1.807) is 12.1 Å². The van der Waals surface area contributed by atoms with Crippen molar-refractivity contribution in [3.8, 4) is 0 Å². The molecule has 1 aliphatic carbocycles. The fourth-order valence-electron chi connectivity index (χ4n) is 2.60. The zero-order chi connectivity index (χ0) is 14.6. The van der Waals surface area contributed by atoms with E-state index in [-0.39, 0.29) is 6.04 Å². The van der Waals surface area contributed by atoms with Crippen LogP contribution in [0.3, 0.4) is 0 Å². The van der Waals surface area contributed by atoms with Crippen molar-refractivity contribution < 1.29 is 8.42 Å². The Kier molecular flexibility index (Phi) is 5.18. The average Bonchev–Trinajstić information content (AvgIpc) is 2.89. The van der Waals surface area contributed by atoms with Crippen LogP contribution in [0.1, 0.15) is 43.7 Å². The van der Waals surface area contributed by atoms with Crippen molar-refractivity contribution in [2.24, 2.45) is 0 Å². The minimum Gasteiger partial charge on any atom is -0.313 e. The molecule has 0 radical (unpaired) electrons. The first-order valence-electron chi connectivity index (χ1n) is 7.35. The molecule has 1 fully saturated rings. The predicted molar refractivity (Wildman–Crippen MR) is 81.1 cm³/mol. The summed E-state index contributed by atoms with van der Waals surface area (Å²) in [5, 5.41) is 3.24. The van der Waals surface area contributed by atoms with Crippen molar-refractivity contribution in [3.63, 3.8) is 0 Å². The zero-order valence-electron chi connectivity index (χ0n) is 12.3. The fourth-order valence-corrected chi connectivity index (χ4v) is 3.95. The SMILES string of the molecule is CCNCc1cc(S(=O)(=O)NC2CCCC2)ccc1C.